The molecular weight excluding hydrogens is 375 g/mol. The molecule has 1 aromatic heterocycles. The van der Waals surface area contributed by atoms with E-state index in [4.69, 9.17) is 0 Å². The number of allylic oxidation sites excluding steroid dienone is 1. The lowest BCUT2D eigenvalue weighted by molar-refractivity contribution is -0.174. The van der Waals surface area contributed by atoms with Crippen LogP contribution in [0.2, 0.25) is 0 Å². The molecule has 0 aliphatic heterocycles. The van der Waals surface area contributed by atoms with Crippen LogP contribution in [-0.2, 0) is 4.79 Å². The van der Waals surface area contributed by atoms with E-state index in [2.05, 4.69) is 4.98 Å². The van der Waals surface area contributed by atoms with Crippen LogP contribution in [0.25, 0.3) is 16.6 Å². The number of amides is 1. The zero-order chi connectivity index (χ0) is 20.0. The molecule has 1 aliphatic carbocycles. The molecule has 1 amide bonds. The average Bonchev–Trinajstić information content (AvgIpc) is 3.26. The summed E-state index contributed by atoms with van der Waals surface area (Å²) < 4.78 is 64.9. The Morgan fingerprint density at radius 3 is 2.48 bits per heavy atom. The molecule has 142 valence electrons. The number of benzene rings is 1. The van der Waals surface area contributed by atoms with E-state index in [0.29, 0.717) is 4.57 Å². The SMILES string of the molecule is N#C/C(=C(/O)C1(NC(=O)C(F)(F)F)CC1)c1nc2ccccc2n1C(F)F. The standard InChI is InChI=1S/C16H11F5N4O2/c17-14(18)25-10-4-2-1-3-9(10)23-12(25)8(7-22)11(26)15(5-6-15)24-13(27)16(19,20)21/h1-4,14,26H,5-6H2,(H,24,27)/b11-8-. The highest BCUT2D eigenvalue weighted by Gasteiger charge is 2.54. The van der Waals surface area contributed by atoms with E-state index in [1.165, 1.54) is 30.3 Å². The van der Waals surface area contributed by atoms with Crippen molar-refractivity contribution in [2.45, 2.75) is 31.1 Å². The van der Waals surface area contributed by atoms with Crippen molar-refractivity contribution in [2.75, 3.05) is 0 Å². The second-order valence-electron chi connectivity index (χ2n) is 5.94. The molecule has 1 heterocycles. The Hall–Kier alpha value is -3.16. The number of nitrogens with one attached hydrogen (secondary N) is 1. The number of aliphatic hydroxyl groups excluding tert-OH is 1. The van der Waals surface area contributed by atoms with Crippen molar-refractivity contribution in [1.29, 1.82) is 5.26 Å². The summed E-state index contributed by atoms with van der Waals surface area (Å²) in [6, 6.07) is 7.23. The number of imidazole rings is 1. The van der Waals surface area contributed by atoms with Crippen LogP contribution in [0, 0.1) is 11.3 Å². The molecule has 1 aliphatic rings. The lowest BCUT2D eigenvalue weighted by atomic mass is 10.1. The van der Waals surface area contributed by atoms with Gasteiger partial charge in [0.25, 0.3) is 0 Å². The van der Waals surface area contributed by atoms with Gasteiger partial charge in [-0.15, -0.1) is 0 Å². The summed E-state index contributed by atoms with van der Waals surface area (Å²) in [5, 5.41) is 21.4. The Balaban J connectivity index is 2.12. The number of nitriles is 1. The van der Waals surface area contributed by atoms with Gasteiger partial charge < -0.3 is 10.4 Å². The van der Waals surface area contributed by atoms with Gasteiger partial charge in [-0.3, -0.25) is 9.36 Å². The highest BCUT2D eigenvalue weighted by Crippen LogP contribution is 2.44. The van der Waals surface area contributed by atoms with E-state index >= 15 is 0 Å². The smallest absolute Gasteiger partial charge is 0.471 e. The molecule has 1 fully saturated rings. The number of fused-ring (bicyclic) bond motifs is 1. The third-order valence-electron chi connectivity index (χ3n) is 4.18. The Labute approximate surface area is 148 Å². The van der Waals surface area contributed by atoms with Crippen LogP contribution >= 0.6 is 0 Å². The van der Waals surface area contributed by atoms with Gasteiger partial charge in [-0.05, 0) is 25.0 Å². The number of rotatable bonds is 4. The Bertz CT molecular complexity index is 983. The number of halogens is 5. The van der Waals surface area contributed by atoms with E-state index < -0.39 is 41.3 Å². The molecule has 2 aromatic rings. The first kappa shape index (κ1) is 18.6. The van der Waals surface area contributed by atoms with Gasteiger partial charge in [0.1, 0.15) is 17.4 Å². The lowest BCUT2D eigenvalue weighted by Crippen LogP contribution is -2.45. The van der Waals surface area contributed by atoms with E-state index in [0.717, 1.165) is 0 Å². The summed E-state index contributed by atoms with van der Waals surface area (Å²) in [5.41, 5.74) is -2.47. The monoisotopic (exact) mass is 386 g/mol. The zero-order valence-corrected chi connectivity index (χ0v) is 13.4. The molecule has 11 heteroatoms. The van der Waals surface area contributed by atoms with Gasteiger partial charge in [0.05, 0.1) is 16.6 Å². The summed E-state index contributed by atoms with van der Waals surface area (Å²) in [6.07, 6.45) is -5.36. The van der Waals surface area contributed by atoms with E-state index in [-0.39, 0.29) is 23.9 Å². The second kappa shape index (κ2) is 6.22. The third-order valence-corrected chi connectivity index (χ3v) is 4.18. The molecule has 0 spiro atoms. The molecule has 0 atom stereocenters. The minimum absolute atomic E-state index is 0.0211. The summed E-state index contributed by atoms with van der Waals surface area (Å²) >= 11 is 0. The number of aliphatic hydroxyl groups is 1. The quantitative estimate of drug-likeness (QED) is 0.479. The Morgan fingerprint density at radius 2 is 1.96 bits per heavy atom. The van der Waals surface area contributed by atoms with Crippen molar-refractivity contribution in [3.63, 3.8) is 0 Å². The van der Waals surface area contributed by atoms with Gasteiger partial charge in [-0.2, -0.15) is 27.2 Å². The van der Waals surface area contributed by atoms with Gasteiger partial charge >= 0.3 is 18.6 Å². The van der Waals surface area contributed by atoms with Crippen LogP contribution in [0.5, 0.6) is 0 Å². The maximum Gasteiger partial charge on any atom is 0.471 e. The molecule has 6 nitrogen and oxygen atoms in total. The summed E-state index contributed by atoms with van der Waals surface area (Å²) in [5.74, 6) is -3.83. The fraction of sp³-hybridized carbons (Fsp3) is 0.312. The van der Waals surface area contributed by atoms with Crippen LogP contribution in [0.1, 0.15) is 25.2 Å². The molecule has 0 bridgehead atoms. The summed E-state index contributed by atoms with van der Waals surface area (Å²) in [6.45, 7) is -3.12. The molecule has 2 N–H and O–H groups in total. The van der Waals surface area contributed by atoms with Crippen molar-refractivity contribution in [1.82, 2.24) is 14.9 Å². The molecule has 27 heavy (non-hydrogen) atoms. The lowest BCUT2D eigenvalue weighted by Gasteiger charge is -2.19. The summed E-state index contributed by atoms with van der Waals surface area (Å²) in [7, 11) is 0. The zero-order valence-electron chi connectivity index (χ0n) is 13.4. The third kappa shape index (κ3) is 3.18. The molecule has 0 unspecified atom stereocenters. The van der Waals surface area contributed by atoms with Gasteiger partial charge in [0.15, 0.2) is 5.82 Å². The second-order valence-corrected chi connectivity index (χ2v) is 5.94. The van der Waals surface area contributed by atoms with Crippen molar-refractivity contribution >= 4 is 22.5 Å². The van der Waals surface area contributed by atoms with Crippen LogP contribution in [0.3, 0.4) is 0 Å². The minimum atomic E-state index is -5.20. The number of carbonyl (C=O) groups is 1. The Kier molecular flexibility index (Phi) is 4.29. The highest BCUT2D eigenvalue weighted by molar-refractivity contribution is 5.87. The van der Waals surface area contributed by atoms with Crippen molar-refractivity contribution in [2.24, 2.45) is 0 Å². The first-order valence-corrected chi connectivity index (χ1v) is 7.59. The van der Waals surface area contributed by atoms with E-state index in [1.807, 2.05) is 0 Å². The average molecular weight is 386 g/mol. The van der Waals surface area contributed by atoms with E-state index in [1.54, 1.807) is 5.32 Å². The maximum atomic E-state index is 13.5. The first-order chi connectivity index (χ1) is 12.6. The maximum absolute atomic E-state index is 13.5. The van der Waals surface area contributed by atoms with E-state index in [9.17, 15) is 37.1 Å². The number of alkyl halides is 5. The number of para-hydroxylation sites is 2. The number of hydrogen-bond donors (Lipinski definition) is 2. The molecule has 0 radical (unpaired) electrons. The molecular formula is C16H11F5N4O2. The predicted molar refractivity (Wildman–Crippen MR) is 82.3 cm³/mol. The summed E-state index contributed by atoms with van der Waals surface area (Å²) in [4.78, 5) is 15.1. The highest BCUT2D eigenvalue weighted by atomic mass is 19.4. The fourth-order valence-corrected chi connectivity index (χ4v) is 2.70. The number of hydrogen-bond acceptors (Lipinski definition) is 4. The topological polar surface area (TPSA) is 90.9 Å². The molecule has 1 aromatic carbocycles. The first-order valence-electron chi connectivity index (χ1n) is 7.59. The van der Waals surface area contributed by atoms with Crippen molar-refractivity contribution < 1.29 is 31.9 Å². The van der Waals surface area contributed by atoms with Crippen LogP contribution in [-0.4, -0.2) is 32.3 Å². The normalized spacial score (nSPS) is 16.8. The van der Waals surface area contributed by atoms with Crippen molar-refractivity contribution in [3.05, 3.63) is 35.8 Å². The molecule has 3 rings (SSSR count). The number of aromatic nitrogens is 2. The van der Waals surface area contributed by atoms with Crippen LogP contribution in [0.15, 0.2) is 30.0 Å². The largest absolute Gasteiger partial charge is 0.508 e. The minimum Gasteiger partial charge on any atom is -0.508 e. The van der Waals surface area contributed by atoms with Crippen LogP contribution < -0.4 is 5.32 Å². The fourth-order valence-electron chi connectivity index (χ4n) is 2.70. The van der Waals surface area contributed by atoms with Gasteiger partial charge in [-0.1, -0.05) is 12.1 Å². The van der Waals surface area contributed by atoms with Gasteiger partial charge in [0.2, 0.25) is 0 Å². The predicted octanol–water partition coefficient (Wildman–Crippen LogP) is 3.44. The van der Waals surface area contributed by atoms with Gasteiger partial charge in [-0.25, -0.2) is 4.98 Å². The number of carbonyl (C=O) groups excluding carboxylic acids is 1. The molecule has 0 saturated heterocycles. The molecule has 1 saturated carbocycles. The van der Waals surface area contributed by atoms with Crippen LogP contribution in [0.4, 0.5) is 22.0 Å². The van der Waals surface area contributed by atoms with Gasteiger partial charge in [0, 0.05) is 0 Å². The van der Waals surface area contributed by atoms with Crippen molar-refractivity contribution in [3.8, 4) is 6.07 Å². The number of nitrogens with zero attached hydrogens (tertiary/aromatic N) is 3. The Morgan fingerprint density at radius 1 is 1.33 bits per heavy atom.